The fourth-order valence-electron chi connectivity index (χ4n) is 1.76. The predicted molar refractivity (Wildman–Crippen MR) is 88.7 cm³/mol. The lowest BCUT2D eigenvalue weighted by atomic mass is 9.98. The summed E-state index contributed by atoms with van der Waals surface area (Å²) < 4.78 is 0. The highest BCUT2D eigenvalue weighted by molar-refractivity contribution is 6.32. The molecule has 1 aromatic rings. The van der Waals surface area contributed by atoms with Gasteiger partial charge in [0.15, 0.2) is 0 Å². The van der Waals surface area contributed by atoms with Crippen molar-refractivity contribution in [1.29, 1.82) is 0 Å². The van der Waals surface area contributed by atoms with Crippen molar-refractivity contribution in [2.45, 2.75) is 40.2 Å². The lowest BCUT2D eigenvalue weighted by Crippen LogP contribution is -2.37. The lowest BCUT2D eigenvalue weighted by Gasteiger charge is -2.23. The maximum Gasteiger partial charge on any atom is 0.288 e. The van der Waals surface area contributed by atoms with E-state index in [1.807, 2.05) is 6.08 Å². The minimum atomic E-state index is -0.456. The molecule has 0 atom stereocenters. The van der Waals surface area contributed by atoms with Crippen LogP contribution in [0.3, 0.4) is 0 Å². The smallest absolute Gasteiger partial charge is 0.288 e. The zero-order valence-corrected chi connectivity index (χ0v) is 14.0. The normalized spacial score (nSPS) is 12.8. The van der Waals surface area contributed by atoms with Crippen LogP contribution in [0.15, 0.2) is 23.8 Å². The van der Waals surface area contributed by atoms with Crippen molar-refractivity contribution in [3.8, 4) is 0 Å². The molecule has 4 nitrogen and oxygen atoms in total. The van der Waals surface area contributed by atoms with E-state index in [-0.39, 0.29) is 16.2 Å². The van der Waals surface area contributed by atoms with Gasteiger partial charge in [0.05, 0.1) is 4.92 Å². The Kier molecular flexibility index (Phi) is 5.93. The van der Waals surface area contributed by atoms with Crippen LogP contribution in [0.2, 0.25) is 5.02 Å². The summed E-state index contributed by atoms with van der Waals surface area (Å²) in [5, 5.41) is 14.5. The van der Waals surface area contributed by atoms with E-state index in [9.17, 15) is 10.1 Å². The molecule has 0 saturated heterocycles. The van der Waals surface area contributed by atoms with E-state index in [2.05, 4.69) is 39.9 Å². The van der Waals surface area contributed by atoms with Gasteiger partial charge in [0.25, 0.3) is 5.69 Å². The Morgan fingerprint density at radius 2 is 2.05 bits per heavy atom. The maximum atomic E-state index is 10.9. The fourth-order valence-corrected chi connectivity index (χ4v) is 1.95. The highest BCUT2D eigenvalue weighted by atomic mass is 35.5. The van der Waals surface area contributed by atoms with Crippen LogP contribution in [0.1, 0.15) is 40.2 Å². The molecule has 0 bridgehead atoms. The average Bonchev–Trinajstić information content (AvgIpc) is 2.34. The van der Waals surface area contributed by atoms with Crippen molar-refractivity contribution in [1.82, 2.24) is 5.32 Å². The van der Waals surface area contributed by atoms with E-state index in [4.69, 9.17) is 11.6 Å². The van der Waals surface area contributed by atoms with Crippen molar-refractivity contribution < 1.29 is 4.92 Å². The molecule has 1 N–H and O–H groups in total. The molecule has 0 aliphatic rings. The summed E-state index contributed by atoms with van der Waals surface area (Å²) >= 11 is 5.84. The highest BCUT2D eigenvalue weighted by Gasteiger charge is 2.14. The molecule has 1 aromatic carbocycles. The Labute approximate surface area is 131 Å². The Bertz CT molecular complexity index is 546. The van der Waals surface area contributed by atoms with Crippen molar-refractivity contribution in [2.24, 2.45) is 5.92 Å². The molecule has 5 heteroatoms. The molecule has 0 radical (unpaired) electrons. The van der Waals surface area contributed by atoms with Gasteiger partial charge in [-0.25, -0.2) is 0 Å². The number of benzene rings is 1. The molecular formula is C16H23ClN2O2. The topological polar surface area (TPSA) is 55.2 Å². The van der Waals surface area contributed by atoms with E-state index >= 15 is 0 Å². The molecule has 116 valence electrons. The number of nitro groups is 1. The number of hydrogen-bond acceptors (Lipinski definition) is 3. The summed E-state index contributed by atoms with van der Waals surface area (Å²) in [7, 11) is 0. The summed E-state index contributed by atoms with van der Waals surface area (Å²) in [6, 6.07) is 4.89. The van der Waals surface area contributed by atoms with Crippen molar-refractivity contribution in [3.05, 3.63) is 44.5 Å². The van der Waals surface area contributed by atoms with Gasteiger partial charge in [0.2, 0.25) is 0 Å². The summed E-state index contributed by atoms with van der Waals surface area (Å²) in [4.78, 5) is 10.5. The summed E-state index contributed by atoms with van der Waals surface area (Å²) in [5.74, 6) is 0.356. The molecule has 0 amide bonds. The first-order valence-corrected chi connectivity index (χ1v) is 7.37. The Balaban J connectivity index is 3.06. The number of nitro benzene ring substituents is 1. The van der Waals surface area contributed by atoms with Crippen LogP contribution >= 0.6 is 11.6 Å². The zero-order valence-electron chi connectivity index (χ0n) is 13.2. The summed E-state index contributed by atoms with van der Waals surface area (Å²) in [6.45, 7) is 11.3. The molecule has 0 unspecified atom stereocenters. The monoisotopic (exact) mass is 310 g/mol. The van der Waals surface area contributed by atoms with Gasteiger partial charge < -0.3 is 5.32 Å². The number of nitrogens with one attached hydrogen (secondary N) is 1. The number of hydrogen-bond donors (Lipinski definition) is 1. The van der Waals surface area contributed by atoms with Crippen molar-refractivity contribution in [3.63, 3.8) is 0 Å². The Morgan fingerprint density at radius 1 is 1.43 bits per heavy atom. The van der Waals surface area contributed by atoms with Crippen LogP contribution in [0.25, 0.3) is 6.08 Å². The SMILES string of the molecule is CC(C)C(=Cc1ccc(Cl)c([N+](=O)[O-])c1)CNC(C)(C)C. The van der Waals surface area contributed by atoms with Crippen molar-refractivity contribution >= 4 is 23.4 Å². The number of rotatable bonds is 5. The Hall–Kier alpha value is -1.39. The van der Waals surface area contributed by atoms with Crippen LogP contribution in [0.4, 0.5) is 5.69 Å². The zero-order chi connectivity index (χ0) is 16.2. The van der Waals surface area contributed by atoms with Gasteiger partial charge in [-0.05, 0) is 38.3 Å². The van der Waals surface area contributed by atoms with Crippen LogP contribution in [-0.2, 0) is 0 Å². The molecule has 0 aromatic heterocycles. The molecule has 1 rings (SSSR count). The number of halogens is 1. The van der Waals surface area contributed by atoms with Gasteiger partial charge in [-0.2, -0.15) is 0 Å². The summed E-state index contributed by atoms with van der Waals surface area (Å²) in [6.07, 6.45) is 1.99. The van der Waals surface area contributed by atoms with Crippen molar-refractivity contribution in [2.75, 3.05) is 6.54 Å². The molecule has 0 fully saturated rings. The van der Waals surface area contributed by atoms with Gasteiger partial charge in [0.1, 0.15) is 5.02 Å². The van der Waals surface area contributed by atoms with E-state index in [1.165, 1.54) is 11.6 Å². The summed E-state index contributed by atoms with van der Waals surface area (Å²) in [5.41, 5.74) is 1.96. The highest BCUT2D eigenvalue weighted by Crippen LogP contribution is 2.26. The van der Waals surface area contributed by atoms with Crippen LogP contribution in [0.5, 0.6) is 0 Å². The predicted octanol–water partition coefficient (Wildman–Crippen LogP) is 4.68. The molecule has 0 aliphatic carbocycles. The molecule has 0 aliphatic heterocycles. The molecule has 21 heavy (non-hydrogen) atoms. The first-order chi connectivity index (χ1) is 9.60. The largest absolute Gasteiger partial charge is 0.308 e. The maximum absolute atomic E-state index is 10.9. The van der Waals surface area contributed by atoms with Gasteiger partial charge in [-0.3, -0.25) is 10.1 Å². The van der Waals surface area contributed by atoms with E-state index in [0.29, 0.717) is 5.92 Å². The minimum Gasteiger partial charge on any atom is -0.308 e. The second-order valence-electron chi connectivity index (χ2n) is 6.45. The molecule has 0 heterocycles. The second-order valence-corrected chi connectivity index (χ2v) is 6.85. The second kappa shape index (κ2) is 7.05. The first kappa shape index (κ1) is 17.7. The minimum absolute atomic E-state index is 0.0278. The third kappa shape index (κ3) is 5.86. The third-order valence-electron chi connectivity index (χ3n) is 3.08. The van der Waals surface area contributed by atoms with Gasteiger partial charge in [-0.15, -0.1) is 0 Å². The number of nitrogens with zero attached hydrogens (tertiary/aromatic N) is 1. The first-order valence-electron chi connectivity index (χ1n) is 6.99. The van der Waals surface area contributed by atoms with E-state index in [1.54, 1.807) is 12.1 Å². The lowest BCUT2D eigenvalue weighted by molar-refractivity contribution is -0.384. The molecule has 0 spiro atoms. The Morgan fingerprint density at radius 3 is 2.52 bits per heavy atom. The quantitative estimate of drug-likeness (QED) is 0.635. The molecule has 0 saturated carbocycles. The third-order valence-corrected chi connectivity index (χ3v) is 3.40. The standard InChI is InChI=1S/C16H23ClN2O2/c1-11(2)13(10-18-16(3,4)5)8-12-6-7-14(17)15(9-12)19(20)21/h6-9,11,18H,10H2,1-5H3. The van der Waals surface area contributed by atoms with Crippen LogP contribution < -0.4 is 5.32 Å². The average molecular weight is 311 g/mol. The van der Waals surface area contributed by atoms with Gasteiger partial charge >= 0.3 is 0 Å². The van der Waals surface area contributed by atoms with Gasteiger partial charge in [0, 0.05) is 18.2 Å². The van der Waals surface area contributed by atoms with Crippen LogP contribution in [-0.4, -0.2) is 17.0 Å². The van der Waals surface area contributed by atoms with E-state index < -0.39 is 4.92 Å². The van der Waals surface area contributed by atoms with Gasteiger partial charge in [-0.1, -0.05) is 43.2 Å². The fraction of sp³-hybridized carbons (Fsp3) is 0.500. The van der Waals surface area contributed by atoms with Crippen LogP contribution in [0, 0.1) is 16.0 Å². The van der Waals surface area contributed by atoms with E-state index in [0.717, 1.165) is 12.1 Å². The molecular weight excluding hydrogens is 288 g/mol.